The molecule has 0 aromatic heterocycles. The third-order valence-electron chi connectivity index (χ3n) is 2.36. The summed E-state index contributed by atoms with van der Waals surface area (Å²) in [6, 6.07) is 0. The van der Waals surface area contributed by atoms with E-state index in [-0.39, 0.29) is 5.41 Å². The van der Waals surface area contributed by atoms with E-state index in [2.05, 4.69) is 50.3 Å². The van der Waals surface area contributed by atoms with Gasteiger partial charge in [-0.05, 0) is 33.1 Å². The molecule has 66 valence electrons. The predicted octanol–water partition coefficient (Wildman–Crippen LogP) is 3.87. The first-order chi connectivity index (χ1) is 5.83. The van der Waals surface area contributed by atoms with Crippen LogP contribution in [0, 0.1) is 5.41 Å². The maximum atomic E-state index is 2.33. The topological polar surface area (TPSA) is 0 Å². The van der Waals surface area contributed by atoms with Gasteiger partial charge in [0.2, 0.25) is 0 Å². The van der Waals surface area contributed by atoms with Gasteiger partial charge < -0.3 is 0 Å². The monoisotopic (exact) mass is 162 g/mol. The molecule has 0 nitrogen and oxygen atoms in total. The molecular formula is C12H18. The Kier molecular flexibility index (Phi) is 3.33. The van der Waals surface area contributed by atoms with Crippen molar-refractivity contribution >= 4 is 0 Å². The number of hydrogen-bond acceptors (Lipinski definition) is 0. The van der Waals surface area contributed by atoms with Crippen molar-refractivity contribution in [1.82, 2.24) is 0 Å². The summed E-state index contributed by atoms with van der Waals surface area (Å²) in [5.41, 5.74) is 0.238. The Hall–Kier alpha value is -0.780. The van der Waals surface area contributed by atoms with Gasteiger partial charge in [-0.1, -0.05) is 36.5 Å². The van der Waals surface area contributed by atoms with Gasteiger partial charge >= 0.3 is 0 Å². The third kappa shape index (κ3) is 2.10. The molecule has 0 bridgehead atoms. The van der Waals surface area contributed by atoms with Crippen LogP contribution in [-0.2, 0) is 0 Å². The zero-order valence-electron chi connectivity index (χ0n) is 8.09. The Bertz CT molecular complexity index is 194. The minimum absolute atomic E-state index is 0.238. The van der Waals surface area contributed by atoms with Gasteiger partial charge in [0.1, 0.15) is 0 Å². The van der Waals surface area contributed by atoms with Gasteiger partial charge in [0.25, 0.3) is 0 Å². The van der Waals surface area contributed by atoms with E-state index in [0.717, 1.165) is 0 Å². The summed E-state index contributed by atoms with van der Waals surface area (Å²) >= 11 is 0. The molecule has 0 saturated carbocycles. The van der Waals surface area contributed by atoms with E-state index in [9.17, 15) is 0 Å². The Morgan fingerprint density at radius 1 is 1.17 bits per heavy atom. The molecule has 0 atom stereocenters. The number of rotatable bonds is 2. The standard InChI is InChI=1S/C12H18/c1-3-8-12(9-4-2)10-6-5-7-11-12/h3-4,6,8-10H,5,7,11H2,1-2H3. The lowest BCUT2D eigenvalue weighted by atomic mass is 9.78. The second-order valence-corrected chi connectivity index (χ2v) is 3.41. The second kappa shape index (κ2) is 4.30. The average molecular weight is 162 g/mol. The molecule has 1 aliphatic rings. The van der Waals surface area contributed by atoms with E-state index in [0.29, 0.717) is 0 Å². The van der Waals surface area contributed by atoms with Crippen LogP contribution in [0.25, 0.3) is 0 Å². The summed E-state index contributed by atoms with van der Waals surface area (Å²) < 4.78 is 0. The minimum Gasteiger partial charge on any atom is -0.0905 e. The van der Waals surface area contributed by atoms with Crippen LogP contribution in [0.4, 0.5) is 0 Å². The van der Waals surface area contributed by atoms with E-state index in [4.69, 9.17) is 0 Å². The molecule has 0 spiro atoms. The van der Waals surface area contributed by atoms with Gasteiger partial charge in [-0.25, -0.2) is 0 Å². The minimum atomic E-state index is 0.238. The van der Waals surface area contributed by atoms with Crippen molar-refractivity contribution in [2.45, 2.75) is 33.1 Å². The molecule has 12 heavy (non-hydrogen) atoms. The molecule has 0 unspecified atom stereocenters. The summed E-state index contributed by atoms with van der Waals surface area (Å²) in [6.45, 7) is 4.18. The van der Waals surface area contributed by atoms with E-state index in [1.807, 2.05) is 0 Å². The summed E-state index contributed by atoms with van der Waals surface area (Å²) in [5, 5.41) is 0. The quantitative estimate of drug-likeness (QED) is 0.541. The first kappa shape index (κ1) is 9.31. The maximum absolute atomic E-state index is 2.33. The second-order valence-electron chi connectivity index (χ2n) is 3.41. The lowest BCUT2D eigenvalue weighted by Gasteiger charge is -2.26. The number of allylic oxidation sites excluding steroid dienone is 6. The first-order valence-electron chi connectivity index (χ1n) is 4.78. The van der Waals surface area contributed by atoms with E-state index in [1.165, 1.54) is 19.3 Å². The van der Waals surface area contributed by atoms with Gasteiger partial charge in [-0.15, -0.1) is 0 Å². The fourth-order valence-electron chi connectivity index (χ4n) is 1.87. The van der Waals surface area contributed by atoms with Crippen molar-refractivity contribution in [1.29, 1.82) is 0 Å². The highest BCUT2D eigenvalue weighted by molar-refractivity contribution is 5.22. The molecule has 0 amide bonds. The predicted molar refractivity (Wildman–Crippen MR) is 55.1 cm³/mol. The average Bonchev–Trinajstić information content (AvgIpc) is 2.07. The lowest BCUT2D eigenvalue weighted by Crippen LogP contribution is -2.13. The summed E-state index contributed by atoms with van der Waals surface area (Å²) in [6.07, 6.45) is 17.3. The largest absolute Gasteiger partial charge is 0.0905 e. The maximum Gasteiger partial charge on any atom is 0.0241 e. The highest BCUT2D eigenvalue weighted by atomic mass is 14.2. The van der Waals surface area contributed by atoms with Crippen LogP contribution >= 0.6 is 0 Å². The van der Waals surface area contributed by atoms with Crippen LogP contribution in [-0.4, -0.2) is 0 Å². The smallest absolute Gasteiger partial charge is 0.0241 e. The fourth-order valence-corrected chi connectivity index (χ4v) is 1.87. The molecule has 0 fully saturated rings. The van der Waals surface area contributed by atoms with Gasteiger partial charge in [-0.3, -0.25) is 0 Å². The Morgan fingerprint density at radius 2 is 1.83 bits per heavy atom. The summed E-state index contributed by atoms with van der Waals surface area (Å²) in [7, 11) is 0. The third-order valence-corrected chi connectivity index (χ3v) is 2.36. The fraction of sp³-hybridized carbons (Fsp3) is 0.500. The molecule has 0 aromatic rings. The van der Waals surface area contributed by atoms with Gasteiger partial charge in [-0.2, -0.15) is 0 Å². The van der Waals surface area contributed by atoms with Crippen molar-refractivity contribution in [2.75, 3.05) is 0 Å². The zero-order chi connectivity index (χ0) is 8.86. The van der Waals surface area contributed by atoms with Crippen LogP contribution in [0.1, 0.15) is 33.1 Å². The van der Waals surface area contributed by atoms with Crippen LogP contribution < -0.4 is 0 Å². The van der Waals surface area contributed by atoms with Gasteiger partial charge in [0.05, 0.1) is 0 Å². The molecule has 0 N–H and O–H groups in total. The first-order valence-corrected chi connectivity index (χ1v) is 4.78. The molecule has 0 heteroatoms. The zero-order valence-corrected chi connectivity index (χ0v) is 8.09. The molecule has 0 aromatic carbocycles. The Morgan fingerprint density at radius 3 is 2.25 bits per heavy atom. The molecule has 0 aliphatic heterocycles. The highest BCUT2D eigenvalue weighted by Gasteiger charge is 2.21. The van der Waals surface area contributed by atoms with Crippen molar-refractivity contribution in [3.05, 3.63) is 36.5 Å². The van der Waals surface area contributed by atoms with Crippen LogP contribution in [0.15, 0.2) is 36.5 Å². The Labute approximate surface area is 75.7 Å². The highest BCUT2D eigenvalue weighted by Crippen LogP contribution is 2.33. The van der Waals surface area contributed by atoms with Crippen LogP contribution in [0.3, 0.4) is 0 Å². The Balaban J connectivity index is 2.84. The summed E-state index contributed by atoms with van der Waals surface area (Å²) in [5.74, 6) is 0. The SMILES string of the molecule is CC=CC1(C=CC)C=CCCC1. The van der Waals surface area contributed by atoms with E-state index in [1.54, 1.807) is 0 Å². The summed E-state index contributed by atoms with van der Waals surface area (Å²) in [4.78, 5) is 0. The van der Waals surface area contributed by atoms with E-state index < -0.39 is 0 Å². The van der Waals surface area contributed by atoms with Crippen molar-refractivity contribution < 1.29 is 0 Å². The van der Waals surface area contributed by atoms with Gasteiger partial charge in [0.15, 0.2) is 0 Å². The van der Waals surface area contributed by atoms with Crippen molar-refractivity contribution in [3.8, 4) is 0 Å². The molecule has 0 radical (unpaired) electrons. The van der Waals surface area contributed by atoms with Gasteiger partial charge in [0, 0.05) is 5.41 Å². The van der Waals surface area contributed by atoms with Crippen LogP contribution in [0.2, 0.25) is 0 Å². The van der Waals surface area contributed by atoms with Crippen molar-refractivity contribution in [3.63, 3.8) is 0 Å². The van der Waals surface area contributed by atoms with Crippen LogP contribution in [0.5, 0.6) is 0 Å². The molecular weight excluding hydrogens is 144 g/mol. The molecule has 0 saturated heterocycles. The lowest BCUT2D eigenvalue weighted by molar-refractivity contribution is 0.513. The van der Waals surface area contributed by atoms with Crippen molar-refractivity contribution in [2.24, 2.45) is 5.41 Å². The molecule has 1 rings (SSSR count). The molecule has 0 heterocycles. The number of hydrogen-bond donors (Lipinski definition) is 0. The normalized spacial score (nSPS) is 30.5. The van der Waals surface area contributed by atoms with E-state index >= 15 is 0 Å². The molecule has 1 aliphatic carbocycles.